The number of hydrogen-bond donors (Lipinski definition) is 6. The number of aliphatic hydroxyl groups is 6. The molecular formula is C30H46O10. The molecule has 0 radical (unpaired) electrons. The van der Waals surface area contributed by atoms with Crippen molar-refractivity contribution in [1.82, 2.24) is 0 Å². The summed E-state index contributed by atoms with van der Waals surface area (Å²) in [7, 11) is 0. The minimum absolute atomic E-state index is 0.0344. The molecule has 40 heavy (non-hydrogen) atoms. The van der Waals surface area contributed by atoms with Crippen LogP contribution in [0.5, 0.6) is 0 Å². The summed E-state index contributed by atoms with van der Waals surface area (Å²) in [6.45, 7) is 10.8. The second-order valence-corrected chi connectivity index (χ2v) is 14.4. The molecule has 5 rings (SSSR count). The number of aliphatic hydroxyl groups excluding tert-OH is 6. The van der Waals surface area contributed by atoms with E-state index in [1.54, 1.807) is 0 Å². The molecule has 14 atom stereocenters. The van der Waals surface area contributed by atoms with Crippen LogP contribution in [0.4, 0.5) is 0 Å². The Morgan fingerprint density at radius 3 is 2.27 bits per heavy atom. The first-order chi connectivity index (χ1) is 18.5. The van der Waals surface area contributed by atoms with Gasteiger partial charge in [-0.05, 0) is 48.9 Å². The van der Waals surface area contributed by atoms with Crippen molar-refractivity contribution in [2.45, 2.75) is 116 Å². The van der Waals surface area contributed by atoms with Gasteiger partial charge in [-0.3, -0.25) is 9.59 Å². The normalized spacial score (nSPS) is 53.8. The Bertz CT molecular complexity index is 1090. The zero-order valence-corrected chi connectivity index (χ0v) is 24.3. The van der Waals surface area contributed by atoms with Gasteiger partial charge < -0.3 is 40.1 Å². The van der Waals surface area contributed by atoms with Gasteiger partial charge in [0.05, 0.1) is 24.9 Å². The smallest absolute Gasteiger partial charge is 0.187 e. The van der Waals surface area contributed by atoms with E-state index in [1.807, 2.05) is 27.7 Å². The molecule has 10 heteroatoms. The van der Waals surface area contributed by atoms with Gasteiger partial charge in [0.2, 0.25) is 0 Å². The number of allylic oxidation sites excluding steroid dienone is 1. The number of fused-ring (bicyclic) bond motifs is 5. The Labute approximate surface area is 235 Å². The molecular weight excluding hydrogens is 520 g/mol. The van der Waals surface area contributed by atoms with Gasteiger partial charge in [0, 0.05) is 23.2 Å². The predicted octanol–water partition coefficient (Wildman–Crippen LogP) is 0.486. The van der Waals surface area contributed by atoms with Crippen LogP contribution in [0, 0.1) is 39.4 Å². The molecule has 0 aromatic rings. The van der Waals surface area contributed by atoms with Crippen LogP contribution >= 0.6 is 0 Å². The fraction of sp³-hybridized carbons (Fsp3) is 0.867. The number of carbonyl (C=O) groups is 2. The molecule has 0 aromatic carbocycles. The minimum Gasteiger partial charge on any atom is -0.394 e. The highest BCUT2D eigenvalue weighted by atomic mass is 16.7. The van der Waals surface area contributed by atoms with Crippen LogP contribution in [-0.2, 0) is 19.1 Å². The Morgan fingerprint density at radius 1 is 1.02 bits per heavy atom. The van der Waals surface area contributed by atoms with Crippen molar-refractivity contribution in [2.75, 3.05) is 6.61 Å². The van der Waals surface area contributed by atoms with Crippen LogP contribution in [0.25, 0.3) is 0 Å². The highest BCUT2D eigenvalue weighted by Crippen LogP contribution is 2.73. The monoisotopic (exact) mass is 566 g/mol. The maximum Gasteiger partial charge on any atom is 0.187 e. The quantitative estimate of drug-likeness (QED) is 0.263. The van der Waals surface area contributed by atoms with Gasteiger partial charge in [-0.25, -0.2) is 0 Å². The van der Waals surface area contributed by atoms with Crippen LogP contribution in [0.1, 0.15) is 67.2 Å². The highest BCUT2D eigenvalue weighted by molar-refractivity contribution is 5.90. The molecule has 1 aliphatic heterocycles. The summed E-state index contributed by atoms with van der Waals surface area (Å²) in [5, 5.41) is 63.2. The summed E-state index contributed by atoms with van der Waals surface area (Å²) in [4.78, 5) is 27.0. The zero-order chi connectivity index (χ0) is 29.7. The number of Topliss-reactive ketones (excluding diaryl/α,β-unsaturated/α-hetero) is 2. The Morgan fingerprint density at radius 2 is 1.68 bits per heavy atom. The van der Waals surface area contributed by atoms with E-state index in [0.717, 1.165) is 5.57 Å². The zero-order valence-electron chi connectivity index (χ0n) is 24.3. The Hall–Kier alpha value is -1.24. The van der Waals surface area contributed by atoms with Crippen LogP contribution in [-0.4, -0.2) is 97.8 Å². The molecule has 1 heterocycles. The van der Waals surface area contributed by atoms with Crippen LogP contribution in [0.15, 0.2) is 11.6 Å². The first kappa shape index (κ1) is 30.2. The summed E-state index contributed by atoms with van der Waals surface area (Å²) < 4.78 is 11.7. The largest absolute Gasteiger partial charge is 0.394 e. The highest BCUT2D eigenvalue weighted by Gasteiger charge is 2.73. The lowest BCUT2D eigenvalue weighted by atomic mass is 9.38. The molecule has 0 bridgehead atoms. The Balaban J connectivity index is 1.51. The van der Waals surface area contributed by atoms with Crippen molar-refractivity contribution in [3.63, 3.8) is 0 Å². The van der Waals surface area contributed by atoms with Crippen molar-refractivity contribution < 1.29 is 49.7 Å². The topological polar surface area (TPSA) is 174 Å². The fourth-order valence-corrected chi connectivity index (χ4v) is 9.73. The third-order valence-electron chi connectivity index (χ3n) is 12.2. The molecule has 6 N–H and O–H groups in total. The maximum atomic E-state index is 14.3. The van der Waals surface area contributed by atoms with Gasteiger partial charge in [-0.15, -0.1) is 0 Å². The molecule has 1 saturated heterocycles. The van der Waals surface area contributed by atoms with Gasteiger partial charge in [0.25, 0.3) is 0 Å². The molecule has 0 amide bonds. The molecule has 0 spiro atoms. The van der Waals surface area contributed by atoms with Gasteiger partial charge >= 0.3 is 0 Å². The molecule has 0 aromatic heterocycles. The minimum atomic E-state index is -1.61. The molecule has 5 aliphatic rings. The summed E-state index contributed by atoms with van der Waals surface area (Å²) in [5.74, 6) is -1.15. The molecule has 226 valence electrons. The molecule has 10 nitrogen and oxygen atoms in total. The standard InChI is InChI=1S/C30H46O10/c1-13(32)21-16(33)10-28(4)19-8-7-14-15(30(19,6)20(34)11-29(21,28)5)9-17(25(38)27(14,2)3)39-26-24(37)23(36)22(35)18(12-31)40-26/h7,15-19,21-26,31,33,35-38H,8-12H2,1-6H3/t15-,16-,17?,18-,19+,21?,22-,23+,24-,25-,26-,28+,29-,30-/m1/s1. The maximum absolute atomic E-state index is 14.3. The first-order valence-electron chi connectivity index (χ1n) is 14.5. The Kier molecular flexibility index (Phi) is 7.28. The third-order valence-corrected chi connectivity index (χ3v) is 12.2. The first-order valence-corrected chi connectivity index (χ1v) is 14.5. The van der Waals surface area contributed by atoms with Gasteiger partial charge in [-0.1, -0.05) is 46.3 Å². The van der Waals surface area contributed by atoms with E-state index in [2.05, 4.69) is 13.0 Å². The lowest BCUT2D eigenvalue weighted by Gasteiger charge is -2.64. The van der Waals surface area contributed by atoms with E-state index in [9.17, 15) is 40.2 Å². The fourth-order valence-electron chi connectivity index (χ4n) is 9.73. The third kappa shape index (κ3) is 3.83. The van der Waals surface area contributed by atoms with E-state index in [0.29, 0.717) is 12.8 Å². The number of ketones is 2. The summed E-state index contributed by atoms with van der Waals surface area (Å²) in [6, 6.07) is 0. The van der Waals surface area contributed by atoms with Crippen molar-refractivity contribution in [1.29, 1.82) is 0 Å². The lowest BCUT2D eigenvalue weighted by molar-refractivity contribution is -0.323. The summed E-state index contributed by atoms with van der Waals surface area (Å²) in [6.07, 6.45) is -6.50. The second-order valence-electron chi connectivity index (χ2n) is 14.4. The summed E-state index contributed by atoms with van der Waals surface area (Å²) in [5.41, 5.74) is -1.84. The van der Waals surface area contributed by atoms with Gasteiger partial charge in [0.15, 0.2) is 6.29 Å². The molecule has 4 aliphatic carbocycles. The van der Waals surface area contributed by atoms with Crippen molar-refractivity contribution >= 4 is 11.6 Å². The number of carbonyl (C=O) groups excluding carboxylic acids is 2. The lowest BCUT2D eigenvalue weighted by Crippen LogP contribution is -2.65. The van der Waals surface area contributed by atoms with Crippen LogP contribution < -0.4 is 0 Å². The van der Waals surface area contributed by atoms with Crippen molar-refractivity contribution in [2.24, 2.45) is 39.4 Å². The number of hydrogen-bond acceptors (Lipinski definition) is 10. The number of rotatable bonds is 4. The predicted molar refractivity (Wildman–Crippen MR) is 141 cm³/mol. The van der Waals surface area contributed by atoms with Gasteiger partial charge in [0.1, 0.15) is 36.0 Å². The van der Waals surface area contributed by atoms with Crippen LogP contribution in [0.2, 0.25) is 0 Å². The number of ether oxygens (including phenoxy) is 2. The van der Waals surface area contributed by atoms with E-state index in [1.165, 1.54) is 6.92 Å². The second kappa shape index (κ2) is 9.64. The SMILES string of the molecule is CC(=O)C1[C@H](O)C[C@@]2(C)[C@@H]3CC=C4[C@@H](CC(O[C@@H]5O[C@H](CO)[C@@H](O)[C@H](O)[C@H]5O)[C@@H](O)C4(C)C)[C@@]3(C)C(=O)C[C@]12C. The van der Waals surface area contributed by atoms with E-state index >= 15 is 0 Å². The van der Waals surface area contributed by atoms with E-state index in [4.69, 9.17) is 9.47 Å². The molecule has 4 fully saturated rings. The average molecular weight is 567 g/mol. The van der Waals surface area contributed by atoms with E-state index < -0.39 is 83.2 Å². The summed E-state index contributed by atoms with van der Waals surface area (Å²) >= 11 is 0. The van der Waals surface area contributed by atoms with Crippen molar-refractivity contribution in [3.05, 3.63) is 11.6 Å². The van der Waals surface area contributed by atoms with Crippen molar-refractivity contribution in [3.8, 4) is 0 Å². The van der Waals surface area contributed by atoms with Gasteiger partial charge in [-0.2, -0.15) is 0 Å². The van der Waals surface area contributed by atoms with E-state index in [-0.39, 0.29) is 36.2 Å². The van der Waals surface area contributed by atoms with Crippen LogP contribution in [0.3, 0.4) is 0 Å². The average Bonchev–Trinajstić information content (AvgIpc) is 3.07. The molecule has 3 saturated carbocycles. The molecule has 2 unspecified atom stereocenters.